The Labute approximate surface area is 118 Å². The van der Waals surface area contributed by atoms with E-state index in [1.165, 1.54) is 12.7 Å². The van der Waals surface area contributed by atoms with Crippen molar-refractivity contribution in [1.82, 2.24) is 0 Å². The fourth-order valence-electron chi connectivity index (χ4n) is 1.77. The molecule has 0 saturated carbocycles. The maximum atomic E-state index is 11.4. The summed E-state index contributed by atoms with van der Waals surface area (Å²) in [5.74, 6) is 1.10. The Kier molecular flexibility index (Phi) is 4.71. The van der Waals surface area contributed by atoms with Crippen LogP contribution >= 0.6 is 0 Å². The molecule has 20 heavy (non-hydrogen) atoms. The van der Waals surface area contributed by atoms with E-state index in [1.807, 2.05) is 18.2 Å². The van der Waals surface area contributed by atoms with Gasteiger partial charge in [0.05, 0.1) is 7.11 Å². The number of ether oxygens (including phenoxy) is 2. The topological polar surface area (TPSA) is 47.9 Å². The average molecular weight is 271 g/mol. The van der Waals surface area contributed by atoms with E-state index in [1.54, 1.807) is 18.4 Å². The van der Waals surface area contributed by atoms with E-state index in [9.17, 15) is 4.79 Å². The van der Waals surface area contributed by atoms with Gasteiger partial charge < -0.3 is 9.47 Å². The summed E-state index contributed by atoms with van der Waals surface area (Å²) in [6, 6.07) is 0. The van der Waals surface area contributed by atoms with E-state index < -0.39 is 5.97 Å². The van der Waals surface area contributed by atoms with Gasteiger partial charge in [-0.1, -0.05) is 17.7 Å². The molecule has 104 valence electrons. The van der Waals surface area contributed by atoms with Gasteiger partial charge in [0.1, 0.15) is 17.2 Å². The lowest BCUT2D eigenvalue weighted by atomic mass is 10.2. The Morgan fingerprint density at radius 2 is 2.10 bits per heavy atom. The van der Waals surface area contributed by atoms with Crippen LogP contribution in [0.4, 0.5) is 0 Å². The highest BCUT2D eigenvalue weighted by Crippen LogP contribution is 2.19. The van der Waals surface area contributed by atoms with Crippen LogP contribution in [0.3, 0.4) is 0 Å². The molecule has 1 heterocycles. The van der Waals surface area contributed by atoms with Crippen LogP contribution < -0.4 is 0 Å². The summed E-state index contributed by atoms with van der Waals surface area (Å²) in [5.41, 5.74) is 1.51. The molecule has 0 spiro atoms. The minimum absolute atomic E-state index is 0.297. The van der Waals surface area contributed by atoms with Crippen molar-refractivity contribution in [3.05, 3.63) is 59.2 Å². The molecule has 1 aliphatic heterocycles. The molecule has 4 heteroatoms. The normalized spacial score (nSPS) is 18.1. The average Bonchev–Trinajstić information content (AvgIpc) is 2.80. The first-order valence-electron chi connectivity index (χ1n) is 6.43. The van der Waals surface area contributed by atoms with Crippen LogP contribution in [0.1, 0.15) is 19.8 Å². The number of hydrogen-bond acceptors (Lipinski definition) is 4. The Balaban J connectivity index is 2.02. The number of carbonyl (C=O) groups excluding carboxylic acids is 1. The molecule has 1 aliphatic carbocycles. The van der Waals surface area contributed by atoms with Gasteiger partial charge in [-0.25, -0.2) is 9.79 Å². The first-order valence-corrected chi connectivity index (χ1v) is 6.43. The lowest BCUT2D eigenvalue weighted by Crippen LogP contribution is -2.02. The predicted octanol–water partition coefficient (Wildman–Crippen LogP) is 3.21. The lowest BCUT2D eigenvalue weighted by molar-refractivity contribution is -0.136. The molecule has 0 saturated heterocycles. The molecule has 4 nitrogen and oxygen atoms in total. The third-order valence-electron chi connectivity index (χ3n) is 2.88. The van der Waals surface area contributed by atoms with Crippen molar-refractivity contribution < 1.29 is 14.3 Å². The number of hydrogen-bond donors (Lipinski definition) is 0. The second kappa shape index (κ2) is 6.70. The summed E-state index contributed by atoms with van der Waals surface area (Å²) in [5, 5.41) is 0. The fourth-order valence-corrected chi connectivity index (χ4v) is 1.77. The van der Waals surface area contributed by atoms with Crippen LogP contribution in [0.2, 0.25) is 0 Å². The molecule has 0 aromatic heterocycles. The van der Waals surface area contributed by atoms with Crippen molar-refractivity contribution >= 4 is 12.2 Å². The number of esters is 1. The van der Waals surface area contributed by atoms with Crippen LogP contribution in [0.25, 0.3) is 0 Å². The number of carbonyl (C=O) groups is 1. The van der Waals surface area contributed by atoms with Gasteiger partial charge in [0.15, 0.2) is 0 Å². The van der Waals surface area contributed by atoms with E-state index in [0.717, 1.165) is 17.9 Å². The zero-order chi connectivity index (χ0) is 14.4. The minimum Gasteiger partial charge on any atom is -0.464 e. The highest BCUT2D eigenvalue weighted by molar-refractivity contribution is 5.91. The molecule has 0 amide bonds. The zero-order valence-corrected chi connectivity index (χ0v) is 11.6. The van der Waals surface area contributed by atoms with Crippen molar-refractivity contribution in [2.45, 2.75) is 19.8 Å². The van der Waals surface area contributed by atoms with E-state index in [4.69, 9.17) is 4.74 Å². The van der Waals surface area contributed by atoms with Gasteiger partial charge in [-0.2, -0.15) is 0 Å². The van der Waals surface area contributed by atoms with E-state index in [2.05, 4.69) is 22.7 Å². The standard InChI is InChI=1S/C16H17NO3/c1-12-4-3-5-13(7-6-12)20-14-8-9-15(16(18)19-2)17-11-10-14/h4-7,9-11H,3,8H2,1-2H3. The summed E-state index contributed by atoms with van der Waals surface area (Å²) in [7, 11) is 1.34. The van der Waals surface area contributed by atoms with Crippen LogP contribution in [-0.4, -0.2) is 19.3 Å². The third-order valence-corrected chi connectivity index (χ3v) is 2.88. The fraction of sp³-hybridized carbons (Fsp3) is 0.250. The molecule has 0 radical (unpaired) electrons. The van der Waals surface area contributed by atoms with Gasteiger partial charge in [0.2, 0.25) is 0 Å². The number of allylic oxidation sites excluding steroid dienone is 7. The van der Waals surface area contributed by atoms with Crippen molar-refractivity contribution in [3.63, 3.8) is 0 Å². The zero-order valence-electron chi connectivity index (χ0n) is 11.6. The van der Waals surface area contributed by atoms with Gasteiger partial charge >= 0.3 is 5.97 Å². The monoisotopic (exact) mass is 271 g/mol. The van der Waals surface area contributed by atoms with E-state index >= 15 is 0 Å². The Morgan fingerprint density at radius 1 is 1.25 bits per heavy atom. The van der Waals surface area contributed by atoms with Gasteiger partial charge in [0.25, 0.3) is 0 Å². The Bertz CT molecular complexity index is 575. The molecular weight excluding hydrogens is 254 g/mol. The van der Waals surface area contributed by atoms with Crippen molar-refractivity contribution in [1.29, 1.82) is 0 Å². The van der Waals surface area contributed by atoms with Crippen LogP contribution in [0.5, 0.6) is 0 Å². The minimum atomic E-state index is -0.440. The van der Waals surface area contributed by atoms with Gasteiger partial charge in [0, 0.05) is 12.6 Å². The second-order valence-electron chi connectivity index (χ2n) is 4.42. The molecule has 2 aliphatic rings. The number of aliphatic imine (C=N–C) groups is 1. The van der Waals surface area contributed by atoms with Crippen LogP contribution in [-0.2, 0) is 14.3 Å². The quantitative estimate of drug-likeness (QED) is 0.740. The maximum absolute atomic E-state index is 11.4. The molecule has 2 rings (SSSR count). The second-order valence-corrected chi connectivity index (χ2v) is 4.42. The summed E-state index contributed by atoms with van der Waals surface area (Å²) >= 11 is 0. The van der Waals surface area contributed by atoms with E-state index in [0.29, 0.717) is 12.1 Å². The number of methoxy groups -OCH3 is 1. The smallest absolute Gasteiger partial charge is 0.356 e. The summed E-state index contributed by atoms with van der Waals surface area (Å²) < 4.78 is 10.5. The Morgan fingerprint density at radius 3 is 2.90 bits per heavy atom. The van der Waals surface area contributed by atoms with Crippen LogP contribution in [0.15, 0.2) is 64.2 Å². The maximum Gasteiger partial charge on any atom is 0.356 e. The molecular formula is C16H17NO3. The van der Waals surface area contributed by atoms with Crippen molar-refractivity contribution in [3.8, 4) is 0 Å². The highest BCUT2D eigenvalue weighted by Gasteiger charge is 2.11. The van der Waals surface area contributed by atoms with Gasteiger partial charge in [-0.15, -0.1) is 0 Å². The lowest BCUT2D eigenvalue weighted by Gasteiger charge is -2.07. The van der Waals surface area contributed by atoms with Gasteiger partial charge in [-0.05, 0) is 37.6 Å². The molecule has 0 aromatic carbocycles. The number of nitrogens with zero attached hydrogens (tertiary/aromatic N) is 1. The summed E-state index contributed by atoms with van der Waals surface area (Å²) in [6.45, 7) is 2.05. The molecule has 0 N–H and O–H groups in total. The summed E-state index contributed by atoms with van der Waals surface area (Å²) in [4.78, 5) is 15.4. The predicted molar refractivity (Wildman–Crippen MR) is 78.0 cm³/mol. The van der Waals surface area contributed by atoms with E-state index in [-0.39, 0.29) is 0 Å². The van der Waals surface area contributed by atoms with Crippen LogP contribution in [0, 0.1) is 0 Å². The Hall–Kier alpha value is -2.36. The summed E-state index contributed by atoms with van der Waals surface area (Å²) in [6.07, 6.45) is 14.5. The molecule has 0 unspecified atom stereocenters. The first kappa shape index (κ1) is 14.1. The SMILES string of the molecule is COC(=O)C1=CCC(OC2=CCC=C(C)C=C2)=CC=N1. The molecule has 0 atom stereocenters. The molecule has 0 fully saturated rings. The first-order chi connectivity index (χ1) is 9.69. The van der Waals surface area contributed by atoms with Crippen molar-refractivity contribution in [2.24, 2.45) is 4.99 Å². The van der Waals surface area contributed by atoms with Crippen molar-refractivity contribution in [2.75, 3.05) is 7.11 Å². The highest BCUT2D eigenvalue weighted by atomic mass is 16.5. The van der Waals surface area contributed by atoms with Gasteiger partial charge in [-0.3, -0.25) is 0 Å². The number of rotatable bonds is 3. The molecule has 0 aromatic rings. The third kappa shape index (κ3) is 3.82. The largest absolute Gasteiger partial charge is 0.464 e. The molecule has 0 bridgehead atoms.